The summed E-state index contributed by atoms with van der Waals surface area (Å²) in [5, 5.41) is 0. The largest absolute Gasteiger partial charge is 0.465 e. The number of carbonyl (C=O) groups is 2. The molecule has 0 aliphatic heterocycles. The van der Waals surface area contributed by atoms with Crippen LogP contribution >= 0.6 is 0 Å². The van der Waals surface area contributed by atoms with Crippen LogP contribution in [-0.4, -0.2) is 25.0 Å². The van der Waals surface area contributed by atoms with Crippen LogP contribution in [0.2, 0.25) is 0 Å². The van der Waals surface area contributed by atoms with E-state index in [1.165, 1.54) is 4.90 Å². The zero-order chi connectivity index (χ0) is 18.4. The molecule has 0 heterocycles. The van der Waals surface area contributed by atoms with Gasteiger partial charge in [0, 0.05) is 5.69 Å². The van der Waals surface area contributed by atoms with E-state index >= 15 is 0 Å². The molecule has 4 heteroatoms. The molecule has 0 spiro atoms. The SMILES string of the molecule is C=Cc1cccc(C)c1C(=O)N(CC(=O)OCC)c1ccccc1C. The van der Waals surface area contributed by atoms with Crippen molar-refractivity contribution in [3.05, 3.63) is 71.3 Å². The molecule has 0 unspecified atom stereocenters. The number of para-hydroxylation sites is 1. The summed E-state index contributed by atoms with van der Waals surface area (Å²) in [6, 6.07) is 13.1. The maximum Gasteiger partial charge on any atom is 0.326 e. The van der Waals surface area contributed by atoms with Gasteiger partial charge in [0.25, 0.3) is 5.91 Å². The van der Waals surface area contributed by atoms with Crippen molar-refractivity contribution in [3.8, 4) is 0 Å². The quantitative estimate of drug-likeness (QED) is 0.744. The van der Waals surface area contributed by atoms with Crippen LogP contribution < -0.4 is 4.90 Å². The van der Waals surface area contributed by atoms with Crippen LogP contribution in [-0.2, 0) is 9.53 Å². The summed E-state index contributed by atoms with van der Waals surface area (Å²) in [4.78, 5) is 26.9. The fraction of sp³-hybridized carbons (Fsp3) is 0.238. The first-order valence-corrected chi connectivity index (χ1v) is 8.24. The third-order valence-electron chi connectivity index (χ3n) is 3.98. The molecule has 4 nitrogen and oxygen atoms in total. The molecule has 0 aromatic heterocycles. The molecule has 130 valence electrons. The van der Waals surface area contributed by atoms with Crippen molar-refractivity contribution >= 4 is 23.6 Å². The fourth-order valence-electron chi connectivity index (χ4n) is 2.76. The summed E-state index contributed by atoms with van der Waals surface area (Å²) in [5.41, 5.74) is 3.73. The lowest BCUT2D eigenvalue weighted by molar-refractivity contribution is -0.141. The van der Waals surface area contributed by atoms with Gasteiger partial charge in [-0.3, -0.25) is 14.5 Å². The number of hydrogen-bond donors (Lipinski definition) is 0. The zero-order valence-electron chi connectivity index (χ0n) is 14.9. The van der Waals surface area contributed by atoms with E-state index in [1.54, 1.807) is 13.0 Å². The zero-order valence-corrected chi connectivity index (χ0v) is 14.9. The highest BCUT2D eigenvalue weighted by Crippen LogP contribution is 2.25. The van der Waals surface area contributed by atoms with Crippen molar-refractivity contribution in [2.45, 2.75) is 20.8 Å². The van der Waals surface area contributed by atoms with E-state index in [2.05, 4.69) is 6.58 Å². The molecule has 0 aliphatic rings. The fourth-order valence-corrected chi connectivity index (χ4v) is 2.76. The van der Waals surface area contributed by atoms with E-state index in [-0.39, 0.29) is 19.1 Å². The Labute approximate surface area is 148 Å². The third-order valence-corrected chi connectivity index (χ3v) is 3.98. The smallest absolute Gasteiger partial charge is 0.326 e. The first-order valence-electron chi connectivity index (χ1n) is 8.24. The number of nitrogens with zero attached hydrogens (tertiary/aromatic N) is 1. The monoisotopic (exact) mass is 337 g/mol. The Morgan fingerprint density at radius 3 is 2.40 bits per heavy atom. The van der Waals surface area contributed by atoms with Crippen LogP contribution in [0.1, 0.15) is 34.0 Å². The number of ether oxygens (including phenoxy) is 1. The summed E-state index contributed by atoms with van der Waals surface area (Å²) >= 11 is 0. The van der Waals surface area contributed by atoms with E-state index in [0.29, 0.717) is 11.3 Å². The molecule has 25 heavy (non-hydrogen) atoms. The molecule has 0 saturated heterocycles. The second-order valence-electron chi connectivity index (χ2n) is 5.73. The van der Waals surface area contributed by atoms with Crippen molar-refractivity contribution in [2.24, 2.45) is 0 Å². The van der Waals surface area contributed by atoms with Crippen molar-refractivity contribution in [1.82, 2.24) is 0 Å². The second-order valence-corrected chi connectivity index (χ2v) is 5.73. The minimum Gasteiger partial charge on any atom is -0.465 e. The predicted molar refractivity (Wildman–Crippen MR) is 101 cm³/mol. The lowest BCUT2D eigenvalue weighted by Gasteiger charge is -2.25. The minimum atomic E-state index is -0.437. The van der Waals surface area contributed by atoms with Crippen LogP contribution in [0.25, 0.3) is 6.08 Å². The van der Waals surface area contributed by atoms with Crippen LogP contribution in [0.15, 0.2) is 49.0 Å². The Hall–Kier alpha value is -2.88. The summed E-state index contributed by atoms with van der Waals surface area (Å²) in [6.07, 6.45) is 1.65. The van der Waals surface area contributed by atoms with E-state index in [9.17, 15) is 9.59 Å². The summed E-state index contributed by atoms with van der Waals surface area (Å²) in [5.74, 6) is -0.678. The Balaban J connectivity index is 2.52. The number of carbonyl (C=O) groups excluding carboxylic acids is 2. The number of benzene rings is 2. The molecule has 0 fully saturated rings. The molecule has 1 amide bonds. The van der Waals surface area contributed by atoms with E-state index in [4.69, 9.17) is 4.74 Å². The maximum atomic E-state index is 13.3. The van der Waals surface area contributed by atoms with Gasteiger partial charge < -0.3 is 4.74 Å². The summed E-state index contributed by atoms with van der Waals surface area (Å²) in [6.45, 7) is 9.46. The summed E-state index contributed by atoms with van der Waals surface area (Å²) < 4.78 is 5.05. The number of hydrogen-bond acceptors (Lipinski definition) is 3. The van der Waals surface area contributed by atoms with Gasteiger partial charge in [-0.05, 0) is 43.5 Å². The lowest BCUT2D eigenvalue weighted by Crippen LogP contribution is -2.37. The third kappa shape index (κ3) is 4.15. The number of esters is 1. The molecule has 0 radical (unpaired) electrons. The molecule has 0 saturated carbocycles. The highest BCUT2D eigenvalue weighted by Gasteiger charge is 2.25. The van der Waals surface area contributed by atoms with Crippen LogP contribution in [0.5, 0.6) is 0 Å². The van der Waals surface area contributed by atoms with E-state index in [0.717, 1.165) is 16.7 Å². The molecule has 0 N–H and O–H groups in total. The van der Waals surface area contributed by atoms with E-state index in [1.807, 2.05) is 56.3 Å². The molecular weight excluding hydrogens is 314 g/mol. The van der Waals surface area contributed by atoms with Crippen molar-refractivity contribution in [3.63, 3.8) is 0 Å². The highest BCUT2D eigenvalue weighted by molar-refractivity contribution is 6.11. The standard InChI is InChI=1S/C21H23NO3/c1-5-17-12-9-11-16(4)20(17)21(24)22(14-19(23)25-6-2)18-13-8-7-10-15(18)3/h5,7-13H,1,6,14H2,2-4H3. The number of aryl methyl sites for hydroxylation is 2. The minimum absolute atomic E-state index is 0.136. The van der Waals surface area contributed by atoms with Gasteiger partial charge in [-0.25, -0.2) is 0 Å². The number of rotatable bonds is 6. The van der Waals surface area contributed by atoms with Crippen molar-refractivity contribution in [2.75, 3.05) is 18.1 Å². The molecule has 0 atom stereocenters. The van der Waals surface area contributed by atoms with Gasteiger partial charge in [-0.15, -0.1) is 0 Å². The Bertz CT molecular complexity index is 795. The van der Waals surface area contributed by atoms with Gasteiger partial charge in [-0.1, -0.05) is 49.1 Å². The Kier molecular flexibility index (Phi) is 6.12. The second kappa shape index (κ2) is 8.29. The van der Waals surface area contributed by atoms with Gasteiger partial charge in [0.2, 0.25) is 0 Å². The molecule has 2 aromatic carbocycles. The molecule has 2 rings (SSSR count). The van der Waals surface area contributed by atoms with Crippen LogP contribution in [0.3, 0.4) is 0 Å². The van der Waals surface area contributed by atoms with Crippen LogP contribution in [0, 0.1) is 13.8 Å². The van der Waals surface area contributed by atoms with Crippen LogP contribution in [0.4, 0.5) is 5.69 Å². The van der Waals surface area contributed by atoms with Gasteiger partial charge in [0.05, 0.1) is 12.2 Å². The normalized spacial score (nSPS) is 10.2. The van der Waals surface area contributed by atoms with Crippen molar-refractivity contribution < 1.29 is 14.3 Å². The number of amides is 1. The van der Waals surface area contributed by atoms with Gasteiger partial charge >= 0.3 is 5.97 Å². The highest BCUT2D eigenvalue weighted by atomic mass is 16.5. The first kappa shape index (κ1) is 18.5. The lowest BCUT2D eigenvalue weighted by atomic mass is 10.00. The predicted octanol–water partition coefficient (Wildman–Crippen LogP) is 4.16. The van der Waals surface area contributed by atoms with E-state index < -0.39 is 5.97 Å². The topological polar surface area (TPSA) is 46.6 Å². The Morgan fingerprint density at radius 1 is 1.08 bits per heavy atom. The van der Waals surface area contributed by atoms with Gasteiger partial charge in [0.1, 0.15) is 6.54 Å². The summed E-state index contributed by atoms with van der Waals surface area (Å²) in [7, 11) is 0. The average molecular weight is 337 g/mol. The first-order chi connectivity index (χ1) is 12.0. The van der Waals surface area contributed by atoms with Crippen molar-refractivity contribution in [1.29, 1.82) is 0 Å². The molecule has 2 aromatic rings. The molecule has 0 aliphatic carbocycles. The van der Waals surface area contributed by atoms with Gasteiger partial charge in [0.15, 0.2) is 0 Å². The average Bonchev–Trinajstić information content (AvgIpc) is 2.60. The molecule has 0 bridgehead atoms. The molecular formula is C21H23NO3. The Morgan fingerprint density at radius 2 is 1.76 bits per heavy atom. The van der Waals surface area contributed by atoms with Gasteiger partial charge in [-0.2, -0.15) is 0 Å². The number of anilines is 1. The maximum absolute atomic E-state index is 13.3.